The van der Waals surface area contributed by atoms with E-state index in [0.29, 0.717) is 32.1 Å². The molecular formula is C27H48O8S. The van der Waals surface area contributed by atoms with Gasteiger partial charge in [0.15, 0.2) is 5.79 Å². The SMILES string of the molecule is CCCCCCCCCC[C@@H]1OC(C)(C)O[C@@H]1CC[C@H](OS(C)(=O)=O)[C@H]1CC[C@H]([C@H]2CCC(=O)O2)O1. The zero-order chi connectivity index (χ0) is 26.2. The molecule has 3 fully saturated rings. The molecule has 0 unspecified atom stereocenters. The molecule has 3 aliphatic heterocycles. The zero-order valence-corrected chi connectivity index (χ0v) is 23.6. The lowest BCUT2D eigenvalue weighted by Gasteiger charge is -2.26. The van der Waals surface area contributed by atoms with Crippen molar-refractivity contribution in [1.29, 1.82) is 0 Å². The van der Waals surface area contributed by atoms with E-state index < -0.39 is 22.0 Å². The highest BCUT2D eigenvalue weighted by molar-refractivity contribution is 7.86. The standard InChI is InChI=1S/C27H48O8S/c1-5-6-7-8-9-10-11-12-13-23-24(34-27(2,3)33-23)16-17-25(35-36(4,29)30)22-15-14-20(31-22)21-18-19-26(28)32-21/h20-25H,5-19H2,1-4H3/t20-,21-,22-,23+,24-,25+/m1/s1. The van der Waals surface area contributed by atoms with Gasteiger partial charge >= 0.3 is 5.97 Å². The molecule has 3 aliphatic rings. The third-order valence-corrected chi connectivity index (χ3v) is 8.09. The number of unbranched alkanes of at least 4 members (excludes halogenated alkanes) is 7. The molecule has 0 aromatic carbocycles. The molecule has 3 rings (SSSR count). The number of hydrogen-bond donors (Lipinski definition) is 0. The van der Waals surface area contributed by atoms with Crippen molar-refractivity contribution in [2.24, 2.45) is 0 Å². The van der Waals surface area contributed by atoms with Gasteiger partial charge in [0, 0.05) is 6.42 Å². The van der Waals surface area contributed by atoms with Gasteiger partial charge in [-0.2, -0.15) is 8.42 Å². The maximum atomic E-state index is 12.0. The second-order valence-corrected chi connectivity index (χ2v) is 12.9. The molecule has 3 saturated heterocycles. The summed E-state index contributed by atoms with van der Waals surface area (Å²) in [5.74, 6) is -0.844. The largest absolute Gasteiger partial charge is 0.460 e. The number of cyclic esters (lactones) is 1. The quantitative estimate of drug-likeness (QED) is 0.148. The highest BCUT2D eigenvalue weighted by Crippen LogP contribution is 2.36. The van der Waals surface area contributed by atoms with Crippen molar-refractivity contribution in [3.05, 3.63) is 0 Å². The highest BCUT2D eigenvalue weighted by atomic mass is 32.2. The fourth-order valence-corrected chi connectivity index (χ4v) is 6.44. The summed E-state index contributed by atoms with van der Waals surface area (Å²) >= 11 is 0. The molecule has 9 heteroatoms. The van der Waals surface area contributed by atoms with E-state index in [9.17, 15) is 13.2 Å². The van der Waals surface area contributed by atoms with E-state index in [1.165, 1.54) is 44.9 Å². The Morgan fingerprint density at radius 1 is 0.917 bits per heavy atom. The van der Waals surface area contributed by atoms with E-state index >= 15 is 0 Å². The third kappa shape index (κ3) is 9.86. The molecule has 3 heterocycles. The lowest BCUT2D eigenvalue weighted by Crippen LogP contribution is -2.35. The van der Waals surface area contributed by atoms with Gasteiger partial charge in [-0.05, 0) is 52.4 Å². The summed E-state index contributed by atoms with van der Waals surface area (Å²) in [6, 6.07) is 0. The maximum absolute atomic E-state index is 12.0. The number of esters is 1. The summed E-state index contributed by atoms with van der Waals surface area (Å²) in [5.41, 5.74) is 0. The van der Waals surface area contributed by atoms with Crippen LogP contribution in [0.15, 0.2) is 0 Å². The van der Waals surface area contributed by atoms with Gasteiger partial charge in [-0.15, -0.1) is 0 Å². The normalized spacial score (nSPS) is 31.1. The van der Waals surface area contributed by atoms with Crippen molar-refractivity contribution < 1.29 is 36.3 Å². The first-order valence-corrected chi connectivity index (χ1v) is 16.0. The van der Waals surface area contributed by atoms with Crippen LogP contribution in [0.5, 0.6) is 0 Å². The van der Waals surface area contributed by atoms with Gasteiger partial charge in [-0.25, -0.2) is 0 Å². The smallest absolute Gasteiger partial charge is 0.306 e. The molecule has 8 nitrogen and oxygen atoms in total. The number of rotatable bonds is 16. The van der Waals surface area contributed by atoms with Gasteiger partial charge in [0.2, 0.25) is 0 Å². The summed E-state index contributed by atoms with van der Waals surface area (Å²) in [6.07, 6.45) is 14.2. The van der Waals surface area contributed by atoms with Crippen LogP contribution in [0.3, 0.4) is 0 Å². The van der Waals surface area contributed by atoms with Crippen molar-refractivity contribution in [2.45, 2.75) is 159 Å². The van der Waals surface area contributed by atoms with Crippen molar-refractivity contribution in [1.82, 2.24) is 0 Å². The first kappa shape index (κ1) is 29.8. The molecule has 6 atom stereocenters. The van der Waals surface area contributed by atoms with Crippen molar-refractivity contribution in [2.75, 3.05) is 6.26 Å². The molecule has 0 amide bonds. The monoisotopic (exact) mass is 532 g/mol. The van der Waals surface area contributed by atoms with Gasteiger partial charge in [0.05, 0.1) is 30.7 Å². The summed E-state index contributed by atoms with van der Waals surface area (Å²) in [6.45, 7) is 6.11. The molecule has 0 N–H and O–H groups in total. The molecule has 0 aromatic rings. The minimum atomic E-state index is -3.65. The summed E-state index contributed by atoms with van der Waals surface area (Å²) < 4.78 is 53.5. The second-order valence-electron chi connectivity index (χ2n) is 11.2. The van der Waals surface area contributed by atoms with Crippen molar-refractivity contribution >= 4 is 16.1 Å². The predicted molar refractivity (Wildman–Crippen MR) is 137 cm³/mol. The van der Waals surface area contributed by atoms with E-state index in [1.807, 2.05) is 13.8 Å². The van der Waals surface area contributed by atoms with Crippen LogP contribution in [0.1, 0.15) is 117 Å². The van der Waals surface area contributed by atoms with E-state index in [2.05, 4.69) is 6.92 Å². The van der Waals surface area contributed by atoms with Crippen LogP contribution in [0.4, 0.5) is 0 Å². The summed E-state index contributed by atoms with van der Waals surface area (Å²) in [7, 11) is -3.65. The Bertz CT molecular complexity index is 783. The van der Waals surface area contributed by atoms with Crippen LogP contribution in [0.2, 0.25) is 0 Å². The molecule has 0 spiro atoms. The Kier molecular flexibility index (Phi) is 11.5. The van der Waals surface area contributed by atoms with Crippen molar-refractivity contribution in [3.63, 3.8) is 0 Å². The molecule has 0 aromatic heterocycles. The van der Waals surface area contributed by atoms with E-state index in [0.717, 1.165) is 25.5 Å². The first-order valence-electron chi connectivity index (χ1n) is 14.1. The van der Waals surface area contributed by atoms with Crippen molar-refractivity contribution in [3.8, 4) is 0 Å². The number of carbonyl (C=O) groups excluding carboxylic acids is 1. The Morgan fingerprint density at radius 3 is 2.17 bits per heavy atom. The second kappa shape index (κ2) is 13.9. The molecule has 0 radical (unpaired) electrons. The van der Waals surface area contributed by atoms with Crippen LogP contribution in [0.25, 0.3) is 0 Å². The molecule has 210 valence electrons. The Hall–Kier alpha value is -0.740. The Balaban J connectivity index is 1.49. The van der Waals surface area contributed by atoms with Crippen LogP contribution in [-0.2, 0) is 38.0 Å². The number of carbonyl (C=O) groups is 1. The molecule has 0 saturated carbocycles. The topological polar surface area (TPSA) is 97.4 Å². The maximum Gasteiger partial charge on any atom is 0.306 e. The van der Waals surface area contributed by atoms with Crippen LogP contribution in [-0.4, -0.2) is 63.1 Å². The average Bonchev–Trinajstić information content (AvgIpc) is 3.51. The Labute approximate surface area is 218 Å². The fraction of sp³-hybridized carbons (Fsp3) is 0.963. The lowest BCUT2D eigenvalue weighted by atomic mass is 9.97. The van der Waals surface area contributed by atoms with E-state index in [-0.39, 0.29) is 36.5 Å². The average molecular weight is 533 g/mol. The number of ether oxygens (including phenoxy) is 4. The minimum absolute atomic E-state index is 0.00544. The number of hydrogen-bond acceptors (Lipinski definition) is 8. The molecule has 0 bridgehead atoms. The van der Waals surface area contributed by atoms with Gasteiger partial charge in [-0.1, -0.05) is 58.3 Å². The zero-order valence-electron chi connectivity index (χ0n) is 22.7. The van der Waals surface area contributed by atoms with Crippen LogP contribution >= 0.6 is 0 Å². The Morgan fingerprint density at radius 2 is 1.56 bits per heavy atom. The van der Waals surface area contributed by atoms with Gasteiger partial charge in [-0.3, -0.25) is 8.98 Å². The summed E-state index contributed by atoms with van der Waals surface area (Å²) in [4.78, 5) is 11.5. The highest BCUT2D eigenvalue weighted by Gasteiger charge is 2.44. The van der Waals surface area contributed by atoms with E-state index in [4.69, 9.17) is 23.1 Å². The minimum Gasteiger partial charge on any atom is -0.460 e. The fourth-order valence-electron chi connectivity index (χ4n) is 5.77. The van der Waals surface area contributed by atoms with Gasteiger partial charge < -0.3 is 18.9 Å². The van der Waals surface area contributed by atoms with Crippen LogP contribution < -0.4 is 0 Å². The molecule has 36 heavy (non-hydrogen) atoms. The molecular weight excluding hydrogens is 484 g/mol. The third-order valence-electron chi connectivity index (χ3n) is 7.49. The van der Waals surface area contributed by atoms with Gasteiger partial charge in [0.25, 0.3) is 10.1 Å². The molecule has 0 aliphatic carbocycles. The predicted octanol–water partition coefficient (Wildman–Crippen LogP) is 5.42. The van der Waals surface area contributed by atoms with Crippen LogP contribution in [0, 0.1) is 0 Å². The first-order chi connectivity index (χ1) is 17.1. The lowest BCUT2D eigenvalue weighted by molar-refractivity contribution is -0.150. The van der Waals surface area contributed by atoms with E-state index in [1.54, 1.807) is 0 Å². The van der Waals surface area contributed by atoms with Gasteiger partial charge in [0.1, 0.15) is 12.2 Å². The summed E-state index contributed by atoms with van der Waals surface area (Å²) in [5, 5.41) is 0.